The first-order valence-electron chi connectivity index (χ1n) is 6.70. The molecule has 0 bridgehead atoms. The van der Waals surface area contributed by atoms with Crippen LogP contribution in [0.1, 0.15) is 36.5 Å². The maximum Gasteiger partial charge on any atom is 0.307 e. The van der Waals surface area contributed by atoms with Gasteiger partial charge in [-0.1, -0.05) is 31.0 Å². The standard InChI is InChI=1S/C15H20ClNO3/c1-3-4-9-17(10-8-14(18)20-2)15(19)12-6-5-7-13(16)11-12/h5-7,11H,3-4,8-10H2,1-2H3. The highest BCUT2D eigenvalue weighted by Gasteiger charge is 2.16. The molecule has 0 spiro atoms. The predicted octanol–water partition coefficient (Wildman–Crippen LogP) is 3.15. The maximum absolute atomic E-state index is 12.4. The molecule has 1 aromatic rings. The van der Waals surface area contributed by atoms with Crippen molar-refractivity contribution in [3.8, 4) is 0 Å². The van der Waals surface area contributed by atoms with Gasteiger partial charge in [0.05, 0.1) is 13.5 Å². The summed E-state index contributed by atoms with van der Waals surface area (Å²) in [6.07, 6.45) is 2.08. The van der Waals surface area contributed by atoms with Crippen molar-refractivity contribution in [1.82, 2.24) is 4.90 Å². The third kappa shape index (κ3) is 5.21. The van der Waals surface area contributed by atoms with E-state index < -0.39 is 0 Å². The quantitative estimate of drug-likeness (QED) is 0.726. The molecule has 0 aliphatic carbocycles. The second kappa shape index (κ2) is 8.59. The molecule has 0 aliphatic rings. The van der Waals surface area contributed by atoms with Crippen molar-refractivity contribution in [2.45, 2.75) is 26.2 Å². The Kier molecular flexibility index (Phi) is 7.09. The Labute approximate surface area is 124 Å². The van der Waals surface area contributed by atoms with Gasteiger partial charge in [-0.05, 0) is 24.6 Å². The van der Waals surface area contributed by atoms with E-state index in [1.165, 1.54) is 7.11 Å². The van der Waals surface area contributed by atoms with Gasteiger partial charge in [0.1, 0.15) is 0 Å². The Bertz CT molecular complexity index is 462. The van der Waals surface area contributed by atoms with Crippen LogP contribution in [0.3, 0.4) is 0 Å². The summed E-state index contributed by atoms with van der Waals surface area (Å²) >= 11 is 5.90. The summed E-state index contributed by atoms with van der Waals surface area (Å²) in [5.74, 6) is -0.421. The van der Waals surface area contributed by atoms with Crippen LogP contribution in [0.2, 0.25) is 5.02 Å². The molecule has 110 valence electrons. The number of carbonyl (C=O) groups excluding carboxylic acids is 2. The zero-order valence-electron chi connectivity index (χ0n) is 11.9. The number of methoxy groups -OCH3 is 1. The number of hydrogen-bond acceptors (Lipinski definition) is 3. The Morgan fingerprint density at radius 1 is 1.30 bits per heavy atom. The SMILES string of the molecule is CCCCN(CCC(=O)OC)C(=O)c1cccc(Cl)c1. The third-order valence-electron chi connectivity index (χ3n) is 2.95. The van der Waals surface area contributed by atoms with Gasteiger partial charge in [-0.15, -0.1) is 0 Å². The molecule has 0 aromatic heterocycles. The first-order chi connectivity index (χ1) is 9.58. The van der Waals surface area contributed by atoms with Crippen molar-refractivity contribution in [1.29, 1.82) is 0 Å². The summed E-state index contributed by atoms with van der Waals surface area (Å²) < 4.78 is 4.61. The van der Waals surface area contributed by atoms with E-state index in [0.29, 0.717) is 23.7 Å². The Hall–Kier alpha value is -1.55. The lowest BCUT2D eigenvalue weighted by atomic mass is 10.2. The molecule has 0 saturated heterocycles. The number of amides is 1. The fourth-order valence-electron chi connectivity index (χ4n) is 1.80. The summed E-state index contributed by atoms with van der Waals surface area (Å²) in [5.41, 5.74) is 0.540. The van der Waals surface area contributed by atoms with Gasteiger partial charge >= 0.3 is 5.97 Å². The molecular formula is C15H20ClNO3. The zero-order chi connectivity index (χ0) is 15.0. The van der Waals surface area contributed by atoms with Crippen molar-refractivity contribution in [2.75, 3.05) is 20.2 Å². The van der Waals surface area contributed by atoms with Crippen molar-refractivity contribution in [2.24, 2.45) is 0 Å². The molecule has 0 fully saturated rings. The molecule has 5 heteroatoms. The lowest BCUT2D eigenvalue weighted by molar-refractivity contribution is -0.140. The summed E-state index contributed by atoms with van der Waals surface area (Å²) in [6, 6.07) is 6.84. The number of hydrogen-bond donors (Lipinski definition) is 0. The highest BCUT2D eigenvalue weighted by molar-refractivity contribution is 6.30. The molecule has 1 rings (SSSR count). The first-order valence-corrected chi connectivity index (χ1v) is 7.08. The minimum Gasteiger partial charge on any atom is -0.469 e. The molecule has 0 radical (unpaired) electrons. The number of nitrogens with zero attached hydrogens (tertiary/aromatic N) is 1. The van der Waals surface area contributed by atoms with Gasteiger partial charge in [0.15, 0.2) is 0 Å². The van der Waals surface area contributed by atoms with E-state index in [4.69, 9.17) is 11.6 Å². The molecule has 1 amide bonds. The van der Waals surface area contributed by atoms with E-state index in [1.807, 2.05) is 0 Å². The van der Waals surface area contributed by atoms with Crippen LogP contribution in [-0.2, 0) is 9.53 Å². The minimum absolute atomic E-state index is 0.107. The fourth-order valence-corrected chi connectivity index (χ4v) is 1.99. The number of ether oxygens (including phenoxy) is 1. The Morgan fingerprint density at radius 3 is 2.65 bits per heavy atom. The number of esters is 1. The monoisotopic (exact) mass is 297 g/mol. The van der Waals surface area contributed by atoms with Gasteiger partial charge in [0.2, 0.25) is 0 Å². The highest BCUT2D eigenvalue weighted by Crippen LogP contribution is 2.13. The van der Waals surface area contributed by atoms with Gasteiger partial charge in [0.25, 0.3) is 5.91 Å². The normalized spacial score (nSPS) is 10.2. The van der Waals surface area contributed by atoms with E-state index in [1.54, 1.807) is 29.2 Å². The molecule has 20 heavy (non-hydrogen) atoms. The molecule has 0 aliphatic heterocycles. The van der Waals surface area contributed by atoms with Gasteiger partial charge in [-0.2, -0.15) is 0 Å². The molecular weight excluding hydrogens is 278 g/mol. The largest absolute Gasteiger partial charge is 0.469 e. The fraction of sp³-hybridized carbons (Fsp3) is 0.467. The number of unbranched alkanes of at least 4 members (excludes halogenated alkanes) is 1. The predicted molar refractivity (Wildman–Crippen MR) is 78.9 cm³/mol. The van der Waals surface area contributed by atoms with Gasteiger partial charge in [-0.3, -0.25) is 9.59 Å². The summed E-state index contributed by atoms with van der Waals surface area (Å²) in [5, 5.41) is 0.527. The van der Waals surface area contributed by atoms with E-state index in [0.717, 1.165) is 12.8 Å². The molecule has 4 nitrogen and oxygen atoms in total. The molecule has 0 unspecified atom stereocenters. The lowest BCUT2D eigenvalue weighted by Crippen LogP contribution is -2.34. The second-order valence-electron chi connectivity index (χ2n) is 4.48. The van der Waals surface area contributed by atoms with Gasteiger partial charge in [0, 0.05) is 23.7 Å². The average Bonchev–Trinajstić information content (AvgIpc) is 2.46. The van der Waals surface area contributed by atoms with Crippen molar-refractivity contribution in [3.05, 3.63) is 34.9 Å². The van der Waals surface area contributed by atoms with E-state index in [9.17, 15) is 9.59 Å². The van der Waals surface area contributed by atoms with Crippen molar-refractivity contribution >= 4 is 23.5 Å². The highest BCUT2D eigenvalue weighted by atomic mass is 35.5. The first kappa shape index (κ1) is 16.5. The van der Waals surface area contributed by atoms with E-state index >= 15 is 0 Å². The smallest absolute Gasteiger partial charge is 0.307 e. The molecule has 0 heterocycles. The van der Waals surface area contributed by atoms with Crippen LogP contribution < -0.4 is 0 Å². The van der Waals surface area contributed by atoms with Crippen molar-refractivity contribution in [3.63, 3.8) is 0 Å². The van der Waals surface area contributed by atoms with E-state index in [-0.39, 0.29) is 18.3 Å². The molecule has 1 aromatic carbocycles. The van der Waals surface area contributed by atoms with Gasteiger partial charge in [-0.25, -0.2) is 0 Å². The summed E-state index contributed by atoms with van der Waals surface area (Å²) in [7, 11) is 1.34. The number of halogens is 1. The number of rotatable bonds is 7. The molecule has 0 N–H and O–H groups in total. The number of benzene rings is 1. The van der Waals surface area contributed by atoms with E-state index in [2.05, 4.69) is 11.7 Å². The topological polar surface area (TPSA) is 46.6 Å². The second-order valence-corrected chi connectivity index (χ2v) is 4.92. The van der Waals surface area contributed by atoms with Crippen LogP contribution in [0, 0.1) is 0 Å². The van der Waals surface area contributed by atoms with Crippen LogP contribution in [-0.4, -0.2) is 37.0 Å². The Morgan fingerprint density at radius 2 is 2.05 bits per heavy atom. The molecule has 0 saturated carbocycles. The summed E-state index contributed by atoms with van der Waals surface area (Å²) in [4.78, 5) is 25.3. The van der Waals surface area contributed by atoms with Crippen LogP contribution in [0.15, 0.2) is 24.3 Å². The van der Waals surface area contributed by atoms with Crippen LogP contribution >= 0.6 is 11.6 Å². The average molecular weight is 298 g/mol. The maximum atomic E-state index is 12.4. The Balaban J connectivity index is 2.75. The van der Waals surface area contributed by atoms with Crippen molar-refractivity contribution < 1.29 is 14.3 Å². The summed E-state index contributed by atoms with van der Waals surface area (Å²) in [6.45, 7) is 3.04. The van der Waals surface area contributed by atoms with Crippen LogP contribution in [0.25, 0.3) is 0 Å². The van der Waals surface area contributed by atoms with Gasteiger partial charge < -0.3 is 9.64 Å². The zero-order valence-corrected chi connectivity index (χ0v) is 12.7. The number of carbonyl (C=O) groups is 2. The van der Waals surface area contributed by atoms with Crippen LogP contribution in [0.4, 0.5) is 0 Å². The third-order valence-corrected chi connectivity index (χ3v) is 3.19. The van der Waals surface area contributed by atoms with Crippen LogP contribution in [0.5, 0.6) is 0 Å². The molecule has 0 atom stereocenters. The lowest BCUT2D eigenvalue weighted by Gasteiger charge is -2.22. The minimum atomic E-state index is -0.314.